The van der Waals surface area contributed by atoms with Gasteiger partial charge in [-0.05, 0) is 32.1 Å². The second-order valence-electron chi connectivity index (χ2n) is 6.71. The Labute approximate surface area is 172 Å². The Morgan fingerprint density at radius 2 is 1.62 bits per heavy atom. The minimum atomic E-state index is -1.10. The summed E-state index contributed by atoms with van der Waals surface area (Å²) in [7, 11) is 0. The fraction of sp³-hybridized carbons (Fsp3) is 0.800. The molecular formula is C20H36N2O7. The Morgan fingerprint density at radius 3 is 2.28 bits per heavy atom. The van der Waals surface area contributed by atoms with Crippen molar-refractivity contribution in [3.05, 3.63) is 0 Å². The van der Waals surface area contributed by atoms with Gasteiger partial charge in [0.25, 0.3) is 0 Å². The third-order valence-corrected chi connectivity index (χ3v) is 4.07. The number of Topliss-reactive ketones (excluding diaryl/α,β-unsaturated/α-hetero) is 1. The van der Waals surface area contributed by atoms with Crippen molar-refractivity contribution in [2.24, 2.45) is 0 Å². The first-order valence-electron chi connectivity index (χ1n) is 10.4. The first-order valence-corrected chi connectivity index (χ1v) is 10.4. The monoisotopic (exact) mass is 416 g/mol. The van der Waals surface area contributed by atoms with Crippen LogP contribution in [0.4, 0.5) is 0 Å². The maximum Gasteiger partial charge on any atom is 0.326 e. The second-order valence-corrected chi connectivity index (χ2v) is 6.71. The van der Waals surface area contributed by atoms with Gasteiger partial charge < -0.3 is 25.2 Å². The van der Waals surface area contributed by atoms with Crippen LogP contribution in [0, 0.1) is 0 Å². The fourth-order valence-electron chi connectivity index (χ4n) is 2.48. The third kappa shape index (κ3) is 16.6. The standard InChI is InChI=1S/C20H36N2O7/c1-3-8-16(23)9-7-12-28-13-14-29-15-19(25)22-17(20(26)27)10-5-6-11-21-18(24)4-2/h17H,3-15H2,1-2H3,(H,21,24)(H,22,25)(H,26,27). The van der Waals surface area contributed by atoms with Crippen LogP contribution in [0.1, 0.15) is 65.2 Å². The molecule has 0 aromatic heterocycles. The van der Waals surface area contributed by atoms with Gasteiger partial charge in [0.1, 0.15) is 18.4 Å². The molecule has 0 saturated carbocycles. The van der Waals surface area contributed by atoms with E-state index < -0.39 is 17.9 Å². The molecule has 1 atom stereocenters. The molecule has 0 saturated heterocycles. The molecule has 0 rings (SSSR count). The van der Waals surface area contributed by atoms with Crippen LogP contribution in [0.5, 0.6) is 0 Å². The SMILES string of the molecule is CCCC(=O)CCCOCCOCC(=O)NC(CCCCNC(=O)CC)C(=O)O. The van der Waals surface area contributed by atoms with Crippen LogP contribution in [0.3, 0.4) is 0 Å². The van der Waals surface area contributed by atoms with E-state index in [9.17, 15) is 24.3 Å². The predicted molar refractivity (Wildman–Crippen MR) is 108 cm³/mol. The first kappa shape index (κ1) is 27.0. The number of hydrogen-bond acceptors (Lipinski definition) is 6. The smallest absolute Gasteiger partial charge is 0.326 e. The number of unbranched alkanes of at least 4 members (excludes halogenated alkanes) is 1. The molecule has 0 aliphatic heterocycles. The molecule has 0 heterocycles. The highest BCUT2D eigenvalue weighted by molar-refractivity contribution is 5.84. The summed E-state index contributed by atoms with van der Waals surface area (Å²) in [5, 5.41) is 14.4. The van der Waals surface area contributed by atoms with E-state index in [0.29, 0.717) is 58.3 Å². The third-order valence-electron chi connectivity index (χ3n) is 4.07. The lowest BCUT2D eigenvalue weighted by atomic mass is 10.1. The van der Waals surface area contributed by atoms with Crippen LogP contribution in [-0.4, -0.2) is 67.7 Å². The molecule has 9 heteroatoms. The van der Waals surface area contributed by atoms with E-state index in [1.807, 2.05) is 6.92 Å². The molecule has 0 aliphatic carbocycles. The molecule has 9 nitrogen and oxygen atoms in total. The number of amides is 2. The number of carboxylic acid groups (broad SMARTS) is 1. The molecule has 2 amide bonds. The number of nitrogens with one attached hydrogen (secondary N) is 2. The van der Waals surface area contributed by atoms with Gasteiger partial charge in [-0.25, -0.2) is 4.79 Å². The molecule has 0 aromatic rings. The molecule has 3 N–H and O–H groups in total. The zero-order valence-electron chi connectivity index (χ0n) is 17.7. The number of aliphatic carboxylic acids is 1. The summed E-state index contributed by atoms with van der Waals surface area (Å²) in [5.74, 6) is -1.40. The van der Waals surface area contributed by atoms with Gasteiger partial charge in [0, 0.05) is 32.4 Å². The quantitative estimate of drug-likeness (QED) is 0.272. The Balaban J connectivity index is 3.76. The van der Waals surface area contributed by atoms with E-state index in [1.165, 1.54) is 0 Å². The van der Waals surface area contributed by atoms with Crippen molar-refractivity contribution in [3.63, 3.8) is 0 Å². The van der Waals surface area contributed by atoms with Gasteiger partial charge in [-0.2, -0.15) is 0 Å². The largest absolute Gasteiger partial charge is 0.480 e. The van der Waals surface area contributed by atoms with Crippen LogP contribution < -0.4 is 10.6 Å². The highest BCUT2D eigenvalue weighted by Gasteiger charge is 2.19. The van der Waals surface area contributed by atoms with E-state index >= 15 is 0 Å². The van der Waals surface area contributed by atoms with Crippen molar-refractivity contribution in [3.8, 4) is 0 Å². The minimum Gasteiger partial charge on any atom is -0.480 e. The fourth-order valence-corrected chi connectivity index (χ4v) is 2.48. The average Bonchev–Trinajstić information content (AvgIpc) is 2.68. The maximum atomic E-state index is 11.8. The zero-order chi connectivity index (χ0) is 21.9. The second kappa shape index (κ2) is 18.1. The van der Waals surface area contributed by atoms with E-state index in [-0.39, 0.29) is 31.3 Å². The Morgan fingerprint density at radius 1 is 0.897 bits per heavy atom. The number of rotatable bonds is 19. The van der Waals surface area contributed by atoms with Crippen molar-refractivity contribution in [1.82, 2.24) is 10.6 Å². The van der Waals surface area contributed by atoms with E-state index in [0.717, 1.165) is 6.42 Å². The molecular weight excluding hydrogens is 380 g/mol. The molecule has 0 spiro atoms. The van der Waals surface area contributed by atoms with E-state index in [1.54, 1.807) is 6.92 Å². The van der Waals surface area contributed by atoms with Gasteiger partial charge in [0.2, 0.25) is 11.8 Å². The van der Waals surface area contributed by atoms with Crippen LogP contribution in [0.25, 0.3) is 0 Å². The minimum absolute atomic E-state index is 0.0424. The predicted octanol–water partition coefficient (Wildman–Crippen LogP) is 1.43. The summed E-state index contributed by atoms with van der Waals surface area (Å²) in [6.45, 7) is 4.96. The molecule has 1 unspecified atom stereocenters. The van der Waals surface area contributed by atoms with Gasteiger partial charge in [-0.1, -0.05) is 13.8 Å². The first-order chi connectivity index (χ1) is 13.9. The molecule has 0 aliphatic rings. The van der Waals surface area contributed by atoms with Gasteiger partial charge in [-0.15, -0.1) is 0 Å². The molecule has 168 valence electrons. The highest BCUT2D eigenvalue weighted by atomic mass is 16.5. The normalized spacial score (nSPS) is 11.7. The molecule has 0 radical (unpaired) electrons. The number of carboxylic acids is 1. The van der Waals surface area contributed by atoms with Crippen molar-refractivity contribution < 1.29 is 33.8 Å². The number of carbonyl (C=O) groups excluding carboxylic acids is 3. The highest BCUT2D eigenvalue weighted by Crippen LogP contribution is 2.02. The van der Waals surface area contributed by atoms with E-state index in [4.69, 9.17) is 9.47 Å². The summed E-state index contributed by atoms with van der Waals surface area (Å²) < 4.78 is 10.5. The van der Waals surface area contributed by atoms with Crippen LogP contribution in [-0.2, 0) is 28.7 Å². The maximum absolute atomic E-state index is 11.8. The van der Waals surface area contributed by atoms with Gasteiger partial charge >= 0.3 is 5.97 Å². The van der Waals surface area contributed by atoms with Crippen molar-refractivity contribution in [2.75, 3.05) is 33.0 Å². The Kier molecular flexibility index (Phi) is 16.8. The topological polar surface area (TPSA) is 131 Å². The van der Waals surface area contributed by atoms with Crippen LogP contribution >= 0.6 is 0 Å². The average molecular weight is 417 g/mol. The van der Waals surface area contributed by atoms with Crippen molar-refractivity contribution in [2.45, 2.75) is 71.3 Å². The van der Waals surface area contributed by atoms with Crippen molar-refractivity contribution in [1.29, 1.82) is 0 Å². The number of hydrogen-bond donors (Lipinski definition) is 3. The lowest BCUT2D eigenvalue weighted by molar-refractivity contribution is -0.142. The molecule has 0 aromatic carbocycles. The Bertz CT molecular complexity index is 497. The molecule has 0 bridgehead atoms. The number of ether oxygens (including phenoxy) is 2. The summed E-state index contributed by atoms with van der Waals surface area (Å²) in [6, 6.07) is -0.982. The zero-order valence-corrected chi connectivity index (χ0v) is 17.7. The summed E-state index contributed by atoms with van der Waals surface area (Å²) in [6.07, 6.45) is 4.54. The van der Waals surface area contributed by atoms with Crippen LogP contribution in [0.2, 0.25) is 0 Å². The summed E-state index contributed by atoms with van der Waals surface area (Å²) in [5.41, 5.74) is 0. The molecule has 0 fully saturated rings. The Hall–Kier alpha value is -2.00. The van der Waals surface area contributed by atoms with Crippen molar-refractivity contribution >= 4 is 23.6 Å². The lowest BCUT2D eigenvalue weighted by Gasteiger charge is -2.14. The number of carbonyl (C=O) groups is 4. The number of ketones is 1. The van der Waals surface area contributed by atoms with Gasteiger partial charge in [0.05, 0.1) is 13.2 Å². The lowest BCUT2D eigenvalue weighted by Crippen LogP contribution is -2.42. The van der Waals surface area contributed by atoms with Gasteiger partial charge in [0.15, 0.2) is 0 Å². The molecule has 29 heavy (non-hydrogen) atoms. The van der Waals surface area contributed by atoms with Gasteiger partial charge in [-0.3, -0.25) is 14.4 Å². The van der Waals surface area contributed by atoms with Crippen LogP contribution in [0.15, 0.2) is 0 Å². The summed E-state index contributed by atoms with van der Waals surface area (Å²) in [4.78, 5) is 45.5. The van der Waals surface area contributed by atoms with E-state index in [2.05, 4.69) is 10.6 Å². The summed E-state index contributed by atoms with van der Waals surface area (Å²) >= 11 is 0.